The van der Waals surface area contributed by atoms with Crippen molar-refractivity contribution in [1.82, 2.24) is 0 Å². The predicted molar refractivity (Wildman–Crippen MR) is 52.4 cm³/mol. The van der Waals surface area contributed by atoms with Crippen molar-refractivity contribution in [2.24, 2.45) is 5.73 Å². The molecule has 0 aromatic heterocycles. The molecule has 0 aliphatic heterocycles. The minimum absolute atomic E-state index is 0.353. The first-order valence-corrected chi connectivity index (χ1v) is 5.87. The van der Waals surface area contributed by atoms with Gasteiger partial charge in [-0.1, -0.05) is 12.1 Å². The molecule has 1 aromatic carbocycles. The molecule has 3 nitrogen and oxygen atoms in total. The van der Waals surface area contributed by atoms with Gasteiger partial charge in [0.1, 0.15) is 0 Å². The van der Waals surface area contributed by atoms with Crippen molar-refractivity contribution in [1.29, 1.82) is 0 Å². The fourth-order valence-electron chi connectivity index (χ4n) is 1.14. The molecule has 0 atom stereocenters. The lowest BCUT2D eigenvalue weighted by Crippen LogP contribution is -2.23. The van der Waals surface area contributed by atoms with Gasteiger partial charge in [-0.25, -0.2) is 8.42 Å². The van der Waals surface area contributed by atoms with E-state index in [2.05, 4.69) is 0 Å². The summed E-state index contributed by atoms with van der Waals surface area (Å²) in [5.74, 6) is 0. The summed E-state index contributed by atoms with van der Waals surface area (Å²) >= 11 is 0. The second-order valence-electron chi connectivity index (χ2n) is 3.13. The molecule has 16 heavy (non-hydrogen) atoms. The maximum absolute atomic E-state index is 12.2. The van der Waals surface area contributed by atoms with Crippen LogP contribution < -0.4 is 5.73 Å². The predicted octanol–water partition coefficient (Wildman–Crippen LogP) is 1.48. The molecule has 2 N–H and O–H groups in total. The van der Waals surface area contributed by atoms with Crippen molar-refractivity contribution in [3.63, 3.8) is 0 Å². The van der Waals surface area contributed by atoms with Crippen LogP contribution in [0.5, 0.6) is 0 Å². The quantitative estimate of drug-likeness (QED) is 0.887. The van der Waals surface area contributed by atoms with E-state index in [1.54, 1.807) is 0 Å². The minimum atomic E-state index is -5.26. The summed E-state index contributed by atoms with van der Waals surface area (Å²) < 4.78 is 58.4. The molecular weight excluding hydrogens is 243 g/mol. The van der Waals surface area contributed by atoms with Crippen LogP contribution in [0.3, 0.4) is 0 Å². The van der Waals surface area contributed by atoms with E-state index >= 15 is 0 Å². The van der Waals surface area contributed by atoms with Gasteiger partial charge in [0.2, 0.25) is 0 Å². The molecule has 0 saturated heterocycles. The van der Waals surface area contributed by atoms with Crippen LogP contribution in [0.2, 0.25) is 0 Å². The van der Waals surface area contributed by atoms with Gasteiger partial charge in [-0.2, -0.15) is 13.2 Å². The highest BCUT2D eigenvalue weighted by Crippen LogP contribution is 2.30. The fraction of sp³-hybridized carbons (Fsp3) is 0.333. The molecule has 0 bridgehead atoms. The Balaban J connectivity index is 3.08. The highest BCUT2D eigenvalue weighted by molar-refractivity contribution is 7.92. The van der Waals surface area contributed by atoms with Crippen LogP contribution in [-0.4, -0.2) is 20.5 Å². The molecule has 1 aromatic rings. The number of benzene rings is 1. The van der Waals surface area contributed by atoms with E-state index in [4.69, 9.17) is 5.73 Å². The lowest BCUT2D eigenvalue weighted by Gasteiger charge is -2.08. The van der Waals surface area contributed by atoms with Crippen molar-refractivity contribution in [2.75, 3.05) is 6.54 Å². The molecule has 0 unspecified atom stereocenters. The van der Waals surface area contributed by atoms with Gasteiger partial charge in [0.25, 0.3) is 9.84 Å². The number of hydrogen-bond donors (Lipinski definition) is 1. The van der Waals surface area contributed by atoms with E-state index in [9.17, 15) is 21.6 Å². The van der Waals surface area contributed by atoms with Crippen LogP contribution in [-0.2, 0) is 16.3 Å². The normalized spacial score (nSPS) is 12.8. The molecule has 1 rings (SSSR count). The molecule has 7 heteroatoms. The van der Waals surface area contributed by atoms with E-state index in [0.717, 1.165) is 12.1 Å². The molecule has 90 valence electrons. The Morgan fingerprint density at radius 2 is 1.62 bits per heavy atom. The summed E-state index contributed by atoms with van der Waals surface area (Å²) in [5.41, 5.74) is 0.692. The largest absolute Gasteiger partial charge is 0.501 e. The number of halogens is 3. The zero-order valence-electron chi connectivity index (χ0n) is 8.16. The van der Waals surface area contributed by atoms with E-state index in [-0.39, 0.29) is 0 Å². The molecule has 0 aliphatic rings. The van der Waals surface area contributed by atoms with Crippen LogP contribution in [0.1, 0.15) is 5.56 Å². The van der Waals surface area contributed by atoms with Crippen LogP contribution in [0.25, 0.3) is 0 Å². The topological polar surface area (TPSA) is 60.2 Å². The SMILES string of the molecule is NCCc1ccc(S(=O)(=O)C(F)(F)F)cc1. The summed E-state index contributed by atoms with van der Waals surface area (Å²) in [7, 11) is -5.24. The van der Waals surface area contributed by atoms with Gasteiger partial charge in [0.05, 0.1) is 4.90 Å². The number of sulfone groups is 1. The van der Waals surface area contributed by atoms with Crippen molar-refractivity contribution in [2.45, 2.75) is 16.8 Å². The lowest BCUT2D eigenvalue weighted by atomic mass is 10.2. The molecule has 0 heterocycles. The van der Waals surface area contributed by atoms with E-state index in [1.807, 2.05) is 0 Å². The van der Waals surface area contributed by atoms with Gasteiger partial charge in [0.15, 0.2) is 0 Å². The Kier molecular flexibility index (Phi) is 3.59. The van der Waals surface area contributed by atoms with Gasteiger partial charge in [0, 0.05) is 0 Å². The third-order valence-corrected chi connectivity index (χ3v) is 3.47. The number of alkyl halides is 3. The van der Waals surface area contributed by atoms with Gasteiger partial charge in [-0.15, -0.1) is 0 Å². The summed E-state index contributed by atoms with van der Waals surface area (Å²) in [6.07, 6.45) is 0.492. The third kappa shape index (κ3) is 2.53. The summed E-state index contributed by atoms with van der Waals surface area (Å²) in [6.45, 7) is 0.353. The van der Waals surface area contributed by atoms with E-state index < -0.39 is 20.2 Å². The van der Waals surface area contributed by atoms with Crippen LogP contribution in [0.15, 0.2) is 29.2 Å². The van der Waals surface area contributed by atoms with Crippen molar-refractivity contribution >= 4 is 9.84 Å². The van der Waals surface area contributed by atoms with Crippen LogP contribution >= 0.6 is 0 Å². The summed E-state index contributed by atoms with van der Waals surface area (Å²) in [4.78, 5) is -0.749. The standard InChI is InChI=1S/C9H10F3NO2S/c10-9(11,12)16(14,15)8-3-1-7(2-4-8)5-6-13/h1-4H,5-6,13H2. The second-order valence-corrected chi connectivity index (χ2v) is 5.07. The average molecular weight is 253 g/mol. The first kappa shape index (κ1) is 13.0. The highest BCUT2D eigenvalue weighted by Gasteiger charge is 2.46. The molecule has 0 saturated carbocycles. The number of hydrogen-bond acceptors (Lipinski definition) is 3. The highest BCUT2D eigenvalue weighted by atomic mass is 32.2. The number of rotatable bonds is 3. The molecular formula is C9H10F3NO2S. The monoisotopic (exact) mass is 253 g/mol. The van der Waals surface area contributed by atoms with Gasteiger partial charge < -0.3 is 5.73 Å². The molecule has 0 aliphatic carbocycles. The first-order valence-electron chi connectivity index (χ1n) is 4.39. The molecule has 0 fully saturated rings. The maximum Gasteiger partial charge on any atom is 0.501 e. The third-order valence-electron chi connectivity index (χ3n) is 1.97. The summed E-state index contributed by atoms with van der Waals surface area (Å²) in [5, 5.41) is 0. The van der Waals surface area contributed by atoms with Gasteiger partial charge in [-0.05, 0) is 30.7 Å². The zero-order chi connectivity index (χ0) is 12.4. The van der Waals surface area contributed by atoms with Gasteiger partial charge >= 0.3 is 5.51 Å². The van der Waals surface area contributed by atoms with E-state index in [0.29, 0.717) is 18.5 Å². The van der Waals surface area contributed by atoms with Crippen molar-refractivity contribution in [3.05, 3.63) is 29.8 Å². The zero-order valence-corrected chi connectivity index (χ0v) is 8.98. The Bertz CT molecular complexity index is 451. The Morgan fingerprint density at radius 1 is 1.12 bits per heavy atom. The van der Waals surface area contributed by atoms with Crippen molar-refractivity contribution < 1.29 is 21.6 Å². The molecule has 0 amide bonds. The lowest BCUT2D eigenvalue weighted by molar-refractivity contribution is -0.0436. The van der Waals surface area contributed by atoms with Crippen LogP contribution in [0, 0.1) is 0 Å². The van der Waals surface area contributed by atoms with Crippen molar-refractivity contribution in [3.8, 4) is 0 Å². The average Bonchev–Trinajstić information content (AvgIpc) is 2.17. The molecule has 0 spiro atoms. The van der Waals surface area contributed by atoms with Gasteiger partial charge in [-0.3, -0.25) is 0 Å². The Labute approximate surface area is 91.0 Å². The second kappa shape index (κ2) is 4.42. The summed E-state index contributed by atoms with van der Waals surface area (Å²) in [6, 6.07) is 4.53. The Morgan fingerprint density at radius 3 is 2.00 bits per heavy atom. The number of nitrogens with two attached hydrogens (primary N) is 1. The maximum atomic E-state index is 12.2. The van der Waals surface area contributed by atoms with E-state index in [1.165, 1.54) is 12.1 Å². The Hall–Kier alpha value is -1.08. The first-order chi connectivity index (χ1) is 7.29. The minimum Gasteiger partial charge on any atom is -0.330 e. The van der Waals surface area contributed by atoms with Crippen LogP contribution in [0.4, 0.5) is 13.2 Å². The fourth-order valence-corrected chi connectivity index (χ4v) is 1.90. The smallest absolute Gasteiger partial charge is 0.330 e. The molecule has 0 radical (unpaired) electrons.